The quantitative estimate of drug-likeness (QED) is 0.0588. The van der Waals surface area contributed by atoms with E-state index in [-0.39, 0.29) is 167 Å². The first kappa shape index (κ1) is 96.2. The van der Waals surface area contributed by atoms with E-state index in [1.54, 1.807) is 68.5 Å². The number of anilines is 4. The second-order valence-corrected chi connectivity index (χ2v) is 40.0. The van der Waals surface area contributed by atoms with Crippen LogP contribution in [0.5, 0.6) is 0 Å². The van der Waals surface area contributed by atoms with Gasteiger partial charge in [-0.2, -0.15) is 15.0 Å². The number of nitrogen functional groups attached to an aromatic ring is 4. The first-order valence-corrected chi connectivity index (χ1v) is 46.7. The second kappa shape index (κ2) is 34.8. The Hall–Kier alpha value is -4.33. The number of nitrogens with one attached hydrogen (secondary N) is 3. The van der Waals surface area contributed by atoms with Gasteiger partial charge >= 0.3 is 26.6 Å². The Labute approximate surface area is 771 Å². The summed E-state index contributed by atoms with van der Waals surface area (Å²) in [6.07, 6.45) is -2.50. The summed E-state index contributed by atoms with van der Waals surface area (Å²) in [5.41, 5.74) is 14.8. The Kier molecular flexibility index (Phi) is 27.2. The molecule has 12 aliphatic heterocycles. The van der Waals surface area contributed by atoms with Crippen molar-refractivity contribution in [2.75, 3.05) is 103 Å². The molecule has 14 N–H and O–H groups in total. The van der Waals surface area contributed by atoms with E-state index in [1.165, 1.54) is 75.3 Å². The first-order valence-electron chi connectivity index (χ1n) is 37.3. The molecule has 20 heterocycles. The molecule has 58 heteroatoms. The zero-order valence-electron chi connectivity index (χ0n) is 67.8. The minimum Gasteiger partial charge on any atom is -0.387 e. The number of aryl methyl sites for hydroxylation is 1. The number of ether oxygens (including phenoxy) is 10. The number of aromatic amines is 3. The normalized spacial score (nSPS) is 36.7. The number of H-pyrrole nitrogens is 3. The van der Waals surface area contributed by atoms with Crippen LogP contribution in [0, 0.1) is 6.92 Å². The van der Waals surface area contributed by atoms with Crippen LogP contribution in [0.4, 0.5) is 23.5 Å². The van der Waals surface area contributed by atoms with E-state index in [0.29, 0.717) is 40.3 Å². The summed E-state index contributed by atoms with van der Waals surface area (Å²) in [7, 11) is -12.9. The Morgan fingerprint density at radius 2 is 0.902 bits per heavy atom. The van der Waals surface area contributed by atoms with Crippen LogP contribution in [-0.4, -0.2) is 278 Å². The number of aliphatic hydroxyl groups is 3. The Balaban J connectivity index is 0.000000132. The van der Waals surface area contributed by atoms with Crippen LogP contribution >= 0.6 is 39.3 Å². The van der Waals surface area contributed by atoms with Crippen molar-refractivity contribution >= 4 is 96.3 Å². The van der Waals surface area contributed by atoms with Crippen molar-refractivity contribution in [3.05, 3.63) is 101 Å². The van der Waals surface area contributed by atoms with Crippen LogP contribution in [0.2, 0.25) is 0 Å². The standard InChI is InChI=1S/C14H21N6O5P.C14H21N2O7P.C13H19N2O7P.C12H14N5O6P.C12H14N5O5P.3Y/c1-13(2)14(4-23-26(3)22)8(21)7(24-13)11(25-14)20-5-17-6-9(15)18-12(16)19-10(6)20;1-7-5-16(12(19)15-10(7)18)11-8-9(17)14(23-11,6-21-24(4)20)13(2,3)22-8;1-12(2)13(6-20-23(3)19)9(17)8(21-12)10(22-13)15-5-4-7(16)14-11(15)18;1-24(19)21-3-12-2-20-6(7(12)23-24)10(22-12)17-4-14-5-8(17)15-11(13)16-9(5)18;1-23(18)20-3-12-2-19-7(8(12)22-23)11(21-12)17-5-16-6-9(13)14-4-15-10(6)17;;;/h5,7-8,11,21,26H,4H2,1-3H3,(H4,15,16,18,19);5,8-9,11,17,24H,6H2,1-4H3,(H,15,18,19);4-5,8-10,17,23H,6H2,1-3H3,(H,14,16,18);4,6-7,10H,2-3H2,1H3,(H3,13,15,16,18);4-5,7-8,11H,2-3H2,1H3,(H2,13,14,15);;;/t7-,8+,11-,14-;8-,9+,11-,14-;8-,9+,10-,13-;6-,7+,10-,12-,24?;7-,8+,11-,12-,23?;;;/m11111.../s1. The molecule has 3 radical (unpaired) electrons. The molecule has 50 nitrogen and oxygen atoms in total. The molecule has 0 saturated carbocycles. The average Bonchev–Trinajstić information content (AvgIpc) is 1.36. The molecule has 12 saturated heterocycles. The topological polar surface area (TPSA) is 668 Å². The zero-order valence-corrected chi connectivity index (χ0v) is 81.1. The number of aliphatic hydroxyl groups excluding tert-OH is 3. The van der Waals surface area contributed by atoms with Crippen LogP contribution in [0.3, 0.4) is 0 Å². The minimum atomic E-state index is -3.14. The molecular weight excluding hydrogens is 1960 g/mol. The van der Waals surface area contributed by atoms with Gasteiger partial charge in [0.1, 0.15) is 89.6 Å². The van der Waals surface area contributed by atoms with Gasteiger partial charge in [0.05, 0.1) is 82.0 Å². The number of aromatic nitrogens is 16. The summed E-state index contributed by atoms with van der Waals surface area (Å²) in [4.78, 5) is 98.3. The Bertz CT molecular complexity index is 5930. The molecule has 25 atom stereocenters. The van der Waals surface area contributed by atoms with Crippen molar-refractivity contribution in [3.63, 3.8) is 0 Å². The van der Waals surface area contributed by atoms with Crippen molar-refractivity contribution in [1.82, 2.24) is 77.7 Å². The maximum absolute atomic E-state index is 12.1. The number of hydrogen-bond acceptors (Lipinski definition) is 42. The van der Waals surface area contributed by atoms with Crippen molar-refractivity contribution < 1.29 is 215 Å². The summed E-state index contributed by atoms with van der Waals surface area (Å²) in [5.74, 6) is 0.431. The van der Waals surface area contributed by atoms with Gasteiger partial charge in [0.2, 0.25) is 11.9 Å². The van der Waals surface area contributed by atoms with Gasteiger partial charge in [-0.15, -0.1) is 0 Å². The maximum Gasteiger partial charge on any atom is 0.330 e. The first-order chi connectivity index (χ1) is 56.3. The van der Waals surface area contributed by atoms with E-state index in [1.807, 2.05) is 0 Å². The SMILES string of the molecule is CP1(=O)OC[C@@]23CO[C@@H]([C@H](n4cnc5c(=O)[nH]c(N)nc54)O2)[C@@H]3O1.CP1(=O)OC[C@@]23CO[C@@H]([C@H](n4cnc5c(N)ncnc54)O2)[C@@H]3O1.C[PH](=O)OC[C@]12O[C@@H](n3ccc(=O)[nH]c3=O)[C@H](OC1(C)C)[C@@H]2O.C[PH](=O)OC[C@]12O[C@@H](n3cnc4c(N)nc(N)nc43)[C@H](OC1(C)C)[C@@H]2O.Cc1cn([C@@H]2O[C@]3(CO[PH](C)=O)[C@@H](O)[C@H]2OC3(C)C)c(=O)[nH]c1=O.[Y].[Y].[Y]. The fraction of sp³-hybridized carbons (Fsp3) is 0.646. The monoisotopic (exact) mass is 2050 g/mol. The van der Waals surface area contributed by atoms with E-state index in [2.05, 4.69) is 54.8 Å². The average molecular weight is 2050 g/mol. The fourth-order valence-corrected chi connectivity index (χ4v) is 20.8. The third-order valence-corrected chi connectivity index (χ3v) is 27.4. The van der Waals surface area contributed by atoms with Gasteiger partial charge in [0.15, 0.2) is 106 Å². The molecular formula is C65H89N20O30P5Y3. The summed E-state index contributed by atoms with van der Waals surface area (Å²) in [6.45, 7) is 19.9. The number of rotatable bonds is 14. The zero-order chi connectivity index (χ0) is 86.2. The second-order valence-electron chi connectivity index (χ2n) is 32.1. The number of nitrogens with zero attached hydrogens (tertiary/aromatic N) is 13. The largest absolute Gasteiger partial charge is 0.387 e. The number of nitrogens with two attached hydrogens (primary N) is 4. The molecule has 123 heavy (non-hydrogen) atoms. The van der Waals surface area contributed by atoms with E-state index < -0.39 is 204 Å². The smallest absolute Gasteiger partial charge is 0.330 e. The number of imidazole rings is 3. The van der Waals surface area contributed by atoms with Crippen molar-refractivity contribution in [3.8, 4) is 0 Å². The van der Waals surface area contributed by atoms with Gasteiger partial charge in [-0.1, -0.05) is 0 Å². The van der Waals surface area contributed by atoms with Gasteiger partial charge in [-0.25, -0.2) is 34.5 Å². The molecule has 0 spiro atoms. The molecule has 663 valence electrons. The van der Waals surface area contributed by atoms with Crippen LogP contribution in [0.1, 0.15) is 78.2 Å². The third-order valence-electron chi connectivity index (χ3n) is 23.3. The minimum absolute atomic E-state index is 0. The van der Waals surface area contributed by atoms with Crippen molar-refractivity contribution in [1.29, 1.82) is 0 Å². The summed E-state index contributed by atoms with van der Waals surface area (Å²) >= 11 is 0. The molecule has 0 aromatic carbocycles. The van der Waals surface area contributed by atoms with Crippen LogP contribution < -0.4 is 51.0 Å². The molecule has 0 amide bonds. The van der Waals surface area contributed by atoms with Gasteiger partial charge < -0.3 is 108 Å². The van der Waals surface area contributed by atoms with E-state index in [4.69, 9.17) is 102 Å². The van der Waals surface area contributed by atoms with Gasteiger partial charge in [-0.05, 0) is 48.5 Å². The molecule has 10 bridgehead atoms. The molecule has 5 unspecified atom stereocenters. The molecule has 8 aromatic rings. The summed E-state index contributed by atoms with van der Waals surface area (Å²) in [6, 6.07) is 1.18. The van der Waals surface area contributed by atoms with E-state index in [9.17, 15) is 62.1 Å². The summed E-state index contributed by atoms with van der Waals surface area (Å²) in [5, 5.41) is 32.1. The fourth-order valence-electron chi connectivity index (χ4n) is 17.1. The predicted molar refractivity (Wildman–Crippen MR) is 414 cm³/mol. The van der Waals surface area contributed by atoms with Crippen molar-refractivity contribution in [2.24, 2.45) is 0 Å². The van der Waals surface area contributed by atoms with Crippen LogP contribution in [0.25, 0.3) is 33.5 Å². The Morgan fingerprint density at radius 3 is 1.36 bits per heavy atom. The molecule has 8 aromatic heterocycles. The molecule has 12 fully saturated rings. The molecule has 20 rings (SSSR count). The summed E-state index contributed by atoms with van der Waals surface area (Å²) < 4.78 is 163. The number of hydrogen-bond donors (Lipinski definition) is 10. The van der Waals surface area contributed by atoms with E-state index >= 15 is 0 Å². The Morgan fingerprint density at radius 1 is 0.496 bits per heavy atom. The van der Waals surface area contributed by atoms with Gasteiger partial charge in [0, 0.05) is 155 Å². The van der Waals surface area contributed by atoms with Crippen LogP contribution in [0.15, 0.2) is 67.7 Å². The third kappa shape index (κ3) is 16.5. The van der Waals surface area contributed by atoms with Gasteiger partial charge in [0.25, 0.3) is 16.7 Å². The van der Waals surface area contributed by atoms with Crippen molar-refractivity contribution in [2.45, 2.75) is 185 Å². The number of fused-ring (bicyclic) bond motifs is 9. The maximum atomic E-state index is 12.1. The molecule has 12 aliphatic rings. The predicted octanol–water partition coefficient (Wildman–Crippen LogP) is -0.934. The van der Waals surface area contributed by atoms with Crippen LogP contribution in [-0.2, 0) is 200 Å². The van der Waals surface area contributed by atoms with E-state index in [0.717, 1.165) is 4.57 Å². The molecule has 0 aliphatic carbocycles. The van der Waals surface area contributed by atoms with Gasteiger partial charge in [-0.3, -0.25) is 84.0 Å².